The van der Waals surface area contributed by atoms with Gasteiger partial charge in [0.15, 0.2) is 0 Å². The minimum atomic E-state index is 0.295. The third-order valence-electron chi connectivity index (χ3n) is 3.67. The maximum atomic E-state index is 5.90. The highest BCUT2D eigenvalue weighted by Crippen LogP contribution is 2.36. The van der Waals surface area contributed by atoms with E-state index in [0.717, 1.165) is 6.42 Å². The van der Waals surface area contributed by atoms with Crippen molar-refractivity contribution in [1.82, 2.24) is 4.98 Å². The monoisotopic (exact) mass is 218 g/mol. The summed E-state index contributed by atoms with van der Waals surface area (Å²) < 4.78 is 0. The third-order valence-corrected chi connectivity index (χ3v) is 3.67. The van der Waals surface area contributed by atoms with Gasteiger partial charge in [0.1, 0.15) is 0 Å². The molecule has 0 aliphatic heterocycles. The van der Waals surface area contributed by atoms with Crippen LogP contribution in [0.1, 0.15) is 50.3 Å². The summed E-state index contributed by atoms with van der Waals surface area (Å²) in [6.07, 6.45) is 6.80. The second kappa shape index (κ2) is 4.96. The maximum Gasteiger partial charge on any atom is 0.0469 e. The molecule has 3 unspecified atom stereocenters. The number of pyridine rings is 1. The van der Waals surface area contributed by atoms with Gasteiger partial charge in [-0.3, -0.25) is 4.98 Å². The summed E-state index contributed by atoms with van der Waals surface area (Å²) in [7, 11) is 0. The quantitative estimate of drug-likeness (QED) is 0.847. The summed E-state index contributed by atoms with van der Waals surface area (Å²) in [5.74, 6) is 1.27. The maximum absolute atomic E-state index is 5.90. The lowest BCUT2D eigenvalue weighted by atomic mass is 9.77. The number of nitrogens with two attached hydrogens (primary N) is 1. The van der Waals surface area contributed by atoms with Gasteiger partial charge < -0.3 is 5.73 Å². The fourth-order valence-corrected chi connectivity index (χ4v) is 2.95. The molecule has 88 valence electrons. The Balaban J connectivity index is 2.18. The smallest absolute Gasteiger partial charge is 0.0469 e. The Hall–Kier alpha value is -0.890. The minimum absolute atomic E-state index is 0.295. The van der Waals surface area contributed by atoms with E-state index in [2.05, 4.69) is 31.0 Å². The van der Waals surface area contributed by atoms with E-state index < -0.39 is 0 Å². The first-order valence-electron chi connectivity index (χ1n) is 6.38. The molecule has 0 radical (unpaired) electrons. The summed E-state index contributed by atoms with van der Waals surface area (Å²) in [6.45, 7) is 4.41. The van der Waals surface area contributed by atoms with Gasteiger partial charge >= 0.3 is 0 Å². The lowest BCUT2D eigenvalue weighted by molar-refractivity contribution is 0.357. The van der Waals surface area contributed by atoms with Crippen LogP contribution in [0.5, 0.6) is 0 Å². The van der Waals surface area contributed by atoms with Crippen LogP contribution < -0.4 is 5.73 Å². The zero-order valence-electron chi connectivity index (χ0n) is 10.3. The molecule has 0 amide bonds. The standard InChI is InChI=1S/C14H22N2/c1-10(9-11(2)15)13-7-3-5-12-6-4-8-16-14(12)13/h4,6,8,10-11,13H,3,5,7,9,15H2,1-2H3. The van der Waals surface area contributed by atoms with Crippen LogP contribution in [0.2, 0.25) is 0 Å². The molecule has 1 aromatic heterocycles. The van der Waals surface area contributed by atoms with Crippen LogP contribution >= 0.6 is 0 Å². The van der Waals surface area contributed by atoms with Crippen molar-refractivity contribution >= 4 is 0 Å². The Morgan fingerprint density at radius 3 is 3.06 bits per heavy atom. The Bertz CT molecular complexity index is 346. The van der Waals surface area contributed by atoms with Crippen LogP contribution in [0.25, 0.3) is 0 Å². The predicted octanol–water partition coefficient (Wildman–Crippen LogP) is 2.87. The largest absolute Gasteiger partial charge is 0.328 e. The molecule has 0 saturated carbocycles. The molecule has 0 saturated heterocycles. The molecule has 0 fully saturated rings. The van der Waals surface area contributed by atoms with Gasteiger partial charge in [-0.25, -0.2) is 0 Å². The number of aryl methyl sites for hydroxylation is 1. The van der Waals surface area contributed by atoms with Gasteiger partial charge in [-0.2, -0.15) is 0 Å². The molecular formula is C14H22N2. The molecule has 3 atom stereocenters. The molecule has 0 bridgehead atoms. The molecule has 2 nitrogen and oxygen atoms in total. The zero-order valence-corrected chi connectivity index (χ0v) is 10.3. The number of hydrogen-bond donors (Lipinski definition) is 1. The highest BCUT2D eigenvalue weighted by atomic mass is 14.7. The fourth-order valence-electron chi connectivity index (χ4n) is 2.95. The number of nitrogens with zero attached hydrogens (tertiary/aromatic N) is 1. The molecule has 1 aliphatic carbocycles. The molecule has 16 heavy (non-hydrogen) atoms. The van der Waals surface area contributed by atoms with Gasteiger partial charge in [0.05, 0.1) is 0 Å². The Morgan fingerprint density at radius 1 is 1.50 bits per heavy atom. The third kappa shape index (κ3) is 2.43. The molecule has 0 aromatic carbocycles. The number of aromatic nitrogens is 1. The first kappa shape index (κ1) is 11.6. The van der Waals surface area contributed by atoms with Crippen LogP contribution in [0, 0.1) is 5.92 Å². The van der Waals surface area contributed by atoms with E-state index in [4.69, 9.17) is 5.73 Å². The Kier molecular flexibility index (Phi) is 3.59. The minimum Gasteiger partial charge on any atom is -0.328 e. The molecule has 2 rings (SSSR count). The Morgan fingerprint density at radius 2 is 2.31 bits per heavy atom. The van der Waals surface area contributed by atoms with Crippen molar-refractivity contribution in [2.75, 3.05) is 0 Å². The van der Waals surface area contributed by atoms with Crippen LogP contribution in [0.4, 0.5) is 0 Å². The van der Waals surface area contributed by atoms with E-state index >= 15 is 0 Å². The molecule has 1 aromatic rings. The molecule has 2 heteroatoms. The van der Waals surface area contributed by atoms with Crippen molar-refractivity contribution in [2.24, 2.45) is 11.7 Å². The zero-order chi connectivity index (χ0) is 11.5. The van der Waals surface area contributed by atoms with Crippen LogP contribution in [0.15, 0.2) is 18.3 Å². The molecule has 0 spiro atoms. The fraction of sp³-hybridized carbons (Fsp3) is 0.643. The van der Waals surface area contributed by atoms with Gasteiger partial charge in [0, 0.05) is 23.9 Å². The van der Waals surface area contributed by atoms with Gasteiger partial charge in [-0.05, 0) is 50.2 Å². The lowest BCUT2D eigenvalue weighted by Gasteiger charge is -2.30. The second-order valence-corrected chi connectivity index (χ2v) is 5.24. The highest BCUT2D eigenvalue weighted by Gasteiger charge is 2.26. The molecule has 2 N–H and O–H groups in total. The van der Waals surface area contributed by atoms with Crippen LogP contribution in [-0.2, 0) is 6.42 Å². The number of rotatable bonds is 3. The van der Waals surface area contributed by atoms with E-state index in [9.17, 15) is 0 Å². The van der Waals surface area contributed by atoms with Crippen molar-refractivity contribution in [3.8, 4) is 0 Å². The number of hydrogen-bond acceptors (Lipinski definition) is 2. The topological polar surface area (TPSA) is 38.9 Å². The van der Waals surface area contributed by atoms with E-state index in [1.54, 1.807) is 0 Å². The van der Waals surface area contributed by atoms with Gasteiger partial charge in [0.2, 0.25) is 0 Å². The first-order valence-corrected chi connectivity index (χ1v) is 6.38. The molecule has 1 aliphatic rings. The van der Waals surface area contributed by atoms with Crippen molar-refractivity contribution in [3.05, 3.63) is 29.6 Å². The summed E-state index contributed by atoms with van der Waals surface area (Å²) in [5.41, 5.74) is 8.69. The summed E-state index contributed by atoms with van der Waals surface area (Å²) in [6, 6.07) is 4.58. The summed E-state index contributed by atoms with van der Waals surface area (Å²) >= 11 is 0. The van der Waals surface area contributed by atoms with E-state index in [1.165, 1.54) is 30.5 Å². The van der Waals surface area contributed by atoms with Crippen molar-refractivity contribution < 1.29 is 0 Å². The highest BCUT2D eigenvalue weighted by molar-refractivity contribution is 5.26. The van der Waals surface area contributed by atoms with Gasteiger partial charge in [0.25, 0.3) is 0 Å². The lowest BCUT2D eigenvalue weighted by Crippen LogP contribution is -2.24. The first-order chi connectivity index (χ1) is 7.68. The second-order valence-electron chi connectivity index (χ2n) is 5.24. The van der Waals surface area contributed by atoms with Crippen LogP contribution in [-0.4, -0.2) is 11.0 Å². The average Bonchev–Trinajstić information content (AvgIpc) is 2.27. The van der Waals surface area contributed by atoms with Crippen molar-refractivity contribution in [1.29, 1.82) is 0 Å². The van der Waals surface area contributed by atoms with Gasteiger partial charge in [-0.1, -0.05) is 13.0 Å². The molecular weight excluding hydrogens is 196 g/mol. The number of fused-ring (bicyclic) bond motifs is 1. The molecule has 1 heterocycles. The van der Waals surface area contributed by atoms with Crippen molar-refractivity contribution in [2.45, 2.75) is 51.5 Å². The average molecular weight is 218 g/mol. The van der Waals surface area contributed by atoms with Crippen molar-refractivity contribution in [3.63, 3.8) is 0 Å². The van der Waals surface area contributed by atoms with Crippen LogP contribution in [0.3, 0.4) is 0 Å². The SMILES string of the molecule is CC(N)CC(C)C1CCCc2cccnc21. The Labute approximate surface area is 98.3 Å². The summed E-state index contributed by atoms with van der Waals surface area (Å²) in [4.78, 5) is 4.59. The predicted molar refractivity (Wildman–Crippen MR) is 67.3 cm³/mol. The van der Waals surface area contributed by atoms with E-state index in [-0.39, 0.29) is 0 Å². The summed E-state index contributed by atoms with van der Waals surface area (Å²) in [5, 5.41) is 0. The normalized spacial score (nSPS) is 23.6. The van der Waals surface area contributed by atoms with E-state index in [1.807, 2.05) is 6.20 Å². The van der Waals surface area contributed by atoms with Gasteiger partial charge in [-0.15, -0.1) is 0 Å². The van der Waals surface area contributed by atoms with E-state index in [0.29, 0.717) is 17.9 Å².